The summed E-state index contributed by atoms with van der Waals surface area (Å²) in [4.78, 5) is 15.1. The second-order valence-corrected chi connectivity index (χ2v) is 4.44. The van der Waals surface area contributed by atoms with Gasteiger partial charge in [-0.1, -0.05) is 12.1 Å². The van der Waals surface area contributed by atoms with Crippen molar-refractivity contribution in [3.05, 3.63) is 35.5 Å². The molecule has 0 saturated carbocycles. The van der Waals surface area contributed by atoms with Gasteiger partial charge in [0.2, 0.25) is 0 Å². The van der Waals surface area contributed by atoms with E-state index in [0.717, 1.165) is 6.07 Å². The Kier molecular flexibility index (Phi) is 4.02. The van der Waals surface area contributed by atoms with Crippen LogP contribution in [0.5, 0.6) is 0 Å². The van der Waals surface area contributed by atoms with Gasteiger partial charge in [-0.15, -0.1) is 0 Å². The zero-order valence-electron chi connectivity index (χ0n) is 11.4. The molecule has 0 aliphatic rings. The molecule has 4 nitrogen and oxygen atoms in total. The molecule has 1 N–H and O–H groups in total. The summed E-state index contributed by atoms with van der Waals surface area (Å²) in [6, 6.07) is 5.41. The molecule has 1 aromatic heterocycles. The molecule has 0 spiro atoms. The fourth-order valence-electron chi connectivity index (χ4n) is 1.99. The lowest BCUT2D eigenvalue weighted by molar-refractivity contribution is -0.138. The van der Waals surface area contributed by atoms with Crippen molar-refractivity contribution in [1.82, 2.24) is 4.98 Å². The molecule has 0 aliphatic heterocycles. The molecule has 1 heterocycles. The molecule has 0 aliphatic carbocycles. The molecule has 2 aromatic rings. The van der Waals surface area contributed by atoms with Crippen molar-refractivity contribution < 1.29 is 22.7 Å². The molecule has 7 heteroatoms. The largest absolute Gasteiger partial charge is 0.468 e. The number of benzene rings is 1. The van der Waals surface area contributed by atoms with Crippen LogP contribution >= 0.6 is 0 Å². The topological polar surface area (TPSA) is 51.2 Å². The highest BCUT2D eigenvalue weighted by atomic mass is 19.4. The maximum atomic E-state index is 13.0. The number of aromatic nitrogens is 1. The van der Waals surface area contributed by atoms with Crippen molar-refractivity contribution >= 4 is 22.6 Å². The van der Waals surface area contributed by atoms with Gasteiger partial charge < -0.3 is 10.1 Å². The quantitative estimate of drug-likeness (QED) is 0.884. The molecule has 112 valence electrons. The minimum absolute atomic E-state index is 0.134. The molecule has 0 saturated heterocycles. The second kappa shape index (κ2) is 5.59. The van der Waals surface area contributed by atoms with Crippen LogP contribution in [0.3, 0.4) is 0 Å². The number of rotatable bonds is 3. The number of fused-ring (bicyclic) bond motifs is 1. The Hall–Kier alpha value is -2.31. The van der Waals surface area contributed by atoms with Crippen molar-refractivity contribution in [3.8, 4) is 0 Å². The summed E-state index contributed by atoms with van der Waals surface area (Å²) in [6.45, 7) is 1.46. The average Bonchev–Trinajstić information content (AvgIpc) is 2.42. The number of methoxy groups -OCH3 is 1. The number of anilines is 1. The van der Waals surface area contributed by atoms with Gasteiger partial charge in [0.15, 0.2) is 0 Å². The second-order valence-electron chi connectivity index (χ2n) is 4.44. The molecular weight excluding hydrogens is 285 g/mol. The van der Waals surface area contributed by atoms with Gasteiger partial charge >= 0.3 is 12.1 Å². The molecule has 0 radical (unpaired) electrons. The minimum atomic E-state index is -4.49. The number of carbonyl (C=O) groups is 1. The Morgan fingerprint density at radius 1 is 1.38 bits per heavy atom. The normalized spacial score (nSPS) is 11.5. The first-order chi connectivity index (χ1) is 9.82. The Balaban J connectivity index is 2.55. The van der Waals surface area contributed by atoms with E-state index in [0.29, 0.717) is 16.8 Å². The van der Waals surface area contributed by atoms with Crippen LogP contribution in [0.25, 0.3) is 10.9 Å². The van der Waals surface area contributed by atoms with Crippen LogP contribution in [0.4, 0.5) is 18.9 Å². The van der Waals surface area contributed by atoms with Crippen molar-refractivity contribution in [3.63, 3.8) is 0 Å². The number of pyridine rings is 1. The van der Waals surface area contributed by atoms with Gasteiger partial charge in [-0.2, -0.15) is 13.2 Å². The molecule has 0 amide bonds. The number of esters is 1. The highest BCUT2D eigenvalue weighted by molar-refractivity contribution is 5.94. The maximum Gasteiger partial charge on any atom is 0.418 e. The number of alkyl halides is 3. The number of hydrogen-bond acceptors (Lipinski definition) is 4. The number of ether oxygens (including phenoxy) is 1. The summed E-state index contributed by atoms with van der Waals surface area (Å²) in [6.07, 6.45) is -4.49. The third-order valence-electron chi connectivity index (χ3n) is 2.92. The van der Waals surface area contributed by atoms with Crippen LogP contribution in [0.15, 0.2) is 24.3 Å². The first-order valence-electron chi connectivity index (χ1n) is 6.11. The maximum absolute atomic E-state index is 13.0. The standard InChI is InChI=1S/C14H13F3N2O2/c1-8-6-11(18-7-12(20)21-2)9-4-3-5-10(13(9)19-8)14(15,16)17/h3-6H,7H2,1-2H3,(H,18,19). The first kappa shape index (κ1) is 15.1. The lowest BCUT2D eigenvalue weighted by Crippen LogP contribution is -2.15. The van der Waals surface area contributed by atoms with Crippen LogP contribution in [-0.2, 0) is 15.7 Å². The molecule has 0 atom stereocenters. The number of halogens is 3. The predicted octanol–water partition coefficient (Wildman–Crippen LogP) is 3.15. The zero-order valence-corrected chi connectivity index (χ0v) is 11.4. The minimum Gasteiger partial charge on any atom is -0.468 e. The van der Waals surface area contributed by atoms with Gasteiger partial charge in [0.05, 0.1) is 18.2 Å². The summed E-state index contributed by atoms with van der Waals surface area (Å²) < 4.78 is 43.5. The lowest BCUT2D eigenvalue weighted by Gasteiger charge is -2.14. The van der Waals surface area contributed by atoms with Crippen LogP contribution in [0, 0.1) is 6.92 Å². The van der Waals surface area contributed by atoms with Crippen molar-refractivity contribution in [2.24, 2.45) is 0 Å². The van der Waals surface area contributed by atoms with Gasteiger partial charge in [-0.05, 0) is 19.1 Å². The molecule has 0 fully saturated rings. The number of hydrogen-bond donors (Lipinski definition) is 1. The SMILES string of the molecule is COC(=O)CNc1cc(C)nc2c(C(F)(F)F)cccc12. The zero-order chi connectivity index (χ0) is 15.6. The summed E-state index contributed by atoms with van der Waals surface area (Å²) in [5.41, 5.74) is -0.109. The highest BCUT2D eigenvalue weighted by Crippen LogP contribution is 2.36. The Morgan fingerprint density at radius 3 is 2.71 bits per heavy atom. The van der Waals surface area contributed by atoms with E-state index in [-0.39, 0.29) is 12.1 Å². The van der Waals surface area contributed by atoms with E-state index in [1.807, 2.05) is 0 Å². The van der Waals surface area contributed by atoms with Gasteiger partial charge in [0.1, 0.15) is 6.54 Å². The summed E-state index contributed by atoms with van der Waals surface area (Å²) in [5, 5.41) is 3.08. The Bertz CT molecular complexity index is 684. The van der Waals surface area contributed by atoms with E-state index in [1.165, 1.54) is 19.2 Å². The number of aryl methyl sites for hydroxylation is 1. The van der Waals surface area contributed by atoms with Crippen LogP contribution in [-0.4, -0.2) is 24.6 Å². The van der Waals surface area contributed by atoms with E-state index < -0.39 is 17.7 Å². The van der Waals surface area contributed by atoms with Crippen molar-refractivity contribution in [2.75, 3.05) is 19.0 Å². The van der Waals surface area contributed by atoms with Crippen LogP contribution in [0.2, 0.25) is 0 Å². The summed E-state index contributed by atoms with van der Waals surface area (Å²) in [5.74, 6) is -0.510. The lowest BCUT2D eigenvalue weighted by atomic mass is 10.1. The number of nitrogens with one attached hydrogen (secondary N) is 1. The van der Waals surface area contributed by atoms with Crippen LogP contribution in [0.1, 0.15) is 11.3 Å². The van der Waals surface area contributed by atoms with E-state index >= 15 is 0 Å². The Morgan fingerprint density at radius 2 is 2.10 bits per heavy atom. The van der Waals surface area contributed by atoms with E-state index in [4.69, 9.17) is 0 Å². The average molecular weight is 298 g/mol. The molecule has 21 heavy (non-hydrogen) atoms. The van der Waals surface area contributed by atoms with Gasteiger partial charge in [-0.25, -0.2) is 0 Å². The fourth-order valence-corrected chi connectivity index (χ4v) is 1.99. The first-order valence-corrected chi connectivity index (χ1v) is 6.11. The fraction of sp³-hybridized carbons (Fsp3) is 0.286. The molecule has 0 unspecified atom stereocenters. The molecule has 2 rings (SSSR count). The highest BCUT2D eigenvalue weighted by Gasteiger charge is 2.33. The van der Waals surface area contributed by atoms with Crippen LogP contribution < -0.4 is 5.32 Å². The number of carbonyl (C=O) groups excluding carboxylic acids is 1. The third kappa shape index (κ3) is 3.24. The molecule has 1 aromatic carbocycles. The van der Waals surface area contributed by atoms with Crippen molar-refractivity contribution in [2.45, 2.75) is 13.1 Å². The van der Waals surface area contributed by atoms with E-state index in [2.05, 4.69) is 15.0 Å². The predicted molar refractivity (Wildman–Crippen MR) is 72.0 cm³/mol. The molecular formula is C14H13F3N2O2. The van der Waals surface area contributed by atoms with Gasteiger partial charge in [-0.3, -0.25) is 9.78 Å². The van der Waals surface area contributed by atoms with Crippen molar-refractivity contribution in [1.29, 1.82) is 0 Å². The Labute approximate surface area is 118 Å². The van der Waals surface area contributed by atoms with E-state index in [9.17, 15) is 18.0 Å². The number of para-hydroxylation sites is 1. The number of nitrogens with zero attached hydrogens (tertiary/aromatic N) is 1. The van der Waals surface area contributed by atoms with Gasteiger partial charge in [0.25, 0.3) is 0 Å². The summed E-state index contributed by atoms with van der Waals surface area (Å²) >= 11 is 0. The summed E-state index contributed by atoms with van der Waals surface area (Å²) in [7, 11) is 1.24. The third-order valence-corrected chi connectivity index (χ3v) is 2.92. The van der Waals surface area contributed by atoms with E-state index in [1.54, 1.807) is 13.0 Å². The molecule has 0 bridgehead atoms. The van der Waals surface area contributed by atoms with Gasteiger partial charge in [0, 0.05) is 16.8 Å². The monoisotopic (exact) mass is 298 g/mol. The smallest absolute Gasteiger partial charge is 0.418 e.